The van der Waals surface area contributed by atoms with E-state index in [1.54, 1.807) is 46.2 Å². The van der Waals surface area contributed by atoms with E-state index >= 15 is 0 Å². The van der Waals surface area contributed by atoms with E-state index in [1.807, 2.05) is 48.5 Å². The number of hydrogen-bond donors (Lipinski definition) is 0. The molecule has 0 aliphatic carbocycles. The van der Waals surface area contributed by atoms with Crippen molar-refractivity contribution in [3.63, 3.8) is 0 Å². The van der Waals surface area contributed by atoms with Crippen molar-refractivity contribution < 1.29 is 8.22 Å². The van der Waals surface area contributed by atoms with E-state index in [-0.39, 0.29) is 69.2 Å². The number of nitrogens with zero attached hydrogens (tertiary/aromatic N) is 2. The molecule has 244 valence electrons. The molecule has 2 nitrogen and oxygen atoms in total. The van der Waals surface area contributed by atoms with Gasteiger partial charge < -0.3 is 9.80 Å². The fourth-order valence-corrected chi connectivity index (χ4v) is 6.48. The van der Waals surface area contributed by atoms with Gasteiger partial charge in [-0.3, -0.25) is 0 Å². The lowest BCUT2D eigenvalue weighted by Gasteiger charge is -2.28. The van der Waals surface area contributed by atoms with Gasteiger partial charge in [0, 0.05) is 54.2 Å². The second-order valence-corrected chi connectivity index (χ2v) is 15.5. The van der Waals surface area contributed by atoms with Gasteiger partial charge in [0.05, 0.1) is 8.22 Å². The van der Waals surface area contributed by atoms with Gasteiger partial charge in [-0.2, -0.15) is 0 Å². The zero-order valence-corrected chi connectivity index (χ0v) is 30.5. The minimum absolute atomic E-state index is 0.0226. The molecule has 0 aromatic heterocycles. The third kappa shape index (κ3) is 7.48. The summed E-state index contributed by atoms with van der Waals surface area (Å²) in [6.07, 6.45) is 0. The van der Waals surface area contributed by atoms with Crippen LogP contribution in [-0.4, -0.2) is 0 Å². The summed E-state index contributed by atoms with van der Waals surface area (Å²) in [6, 6.07) is 22.9. The Morgan fingerprint density at radius 3 is 1.02 bits per heavy atom. The van der Waals surface area contributed by atoms with Crippen molar-refractivity contribution in [2.24, 2.45) is 0 Å². The molecule has 0 bridgehead atoms. The molecule has 48 heavy (non-hydrogen) atoms. The van der Waals surface area contributed by atoms with Crippen LogP contribution in [-0.2, 0) is 10.8 Å². The highest BCUT2D eigenvalue weighted by Crippen LogP contribution is 2.42. The van der Waals surface area contributed by atoms with Crippen molar-refractivity contribution in [3.8, 4) is 0 Å². The summed E-state index contributed by atoms with van der Waals surface area (Å²) in [5, 5.41) is 1.07. The Kier molecular flexibility index (Phi) is 7.55. The normalized spacial score (nSPS) is 13.7. The third-order valence-corrected chi connectivity index (χ3v) is 8.86. The minimum Gasteiger partial charge on any atom is -0.310 e. The van der Waals surface area contributed by atoms with Crippen molar-refractivity contribution in [1.29, 1.82) is 0 Å². The zero-order chi connectivity index (χ0) is 39.6. The number of hydrogen-bond acceptors (Lipinski definition) is 2. The van der Waals surface area contributed by atoms with Crippen molar-refractivity contribution in [2.45, 2.75) is 52.4 Å². The van der Waals surface area contributed by atoms with Crippen LogP contribution in [0, 0.1) is 0 Å². The monoisotopic (exact) mass is 716 g/mol. The van der Waals surface area contributed by atoms with Crippen molar-refractivity contribution in [3.05, 3.63) is 152 Å². The SMILES string of the molecule is [2H]c1c(N(c2ccc(C(C)(C)C)cc2)c2cc(Cl)cc(Cl)c2)c([2H])c2c([2H])c([2H])c(N(c3ccc(C(C)(C)C)cc3)c3cc(Cl)cc(Cl)c3)c([2H])c2c1[2H]. The van der Waals surface area contributed by atoms with Crippen LogP contribution < -0.4 is 9.80 Å². The molecule has 0 unspecified atom stereocenters. The van der Waals surface area contributed by atoms with Gasteiger partial charge in [0.1, 0.15) is 0 Å². The lowest BCUT2D eigenvalue weighted by atomic mass is 9.87. The molecule has 0 saturated heterocycles. The number of rotatable bonds is 6. The quantitative estimate of drug-likeness (QED) is 0.169. The fourth-order valence-electron chi connectivity index (χ4n) is 5.45. The first-order chi connectivity index (χ1) is 25.2. The van der Waals surface area contributed by atoms with Gasteiger partial charge in [-0.15, -0.1) is 0 Å². The molecule has 0 atom stereocenters. The maximum atomic E-state index is 9.59. The Hall–Kier alpha value is -3.66. The van der Waals surface area contributed by atoms with E-state index in [2.05, 4.69) is 41.5 Å². The molecule has 0 spiro atoms. The van der Waals surface area contributed by atoms with E-state index in [0.717, 1.165) is 11.1 Å². The number of halogens is 4. The van der Waals surface area contributed by atoms with Gasteiger partial charge >= 0.3 is 0 Å². The molecule has 0 fully saturated rings. The summed E-state index contributed by atoms with van der Waals surface area (Å²) in [7, 11) is 0. The highest BCUT2D eigenvalue weighted by Gasteiger charge is 2.20. The summed E-state index contributed by atoms with van der Waals surface area (Å²) in [6.45, 7) is 12.6. The lowest BCUT2D eigenvalue weighted by molar-refractivity contribution is 0.590. The molecule has 6 heteroatoms. The Balaban J connectivity index is 1.67. The Labute approximate surface area is 312 Å². The summed E-state index contributed by atoms with van der Waals surface area (Å²) >= 11 is 25.9. The van der Waals surface area contributed by atoms with Crippen LogP contribution in [0.25, 0.3) is 10.8 Å². The van der Waals surface area contributed by atoms with Crippen LogP contribution in [0.2, 0.25) is 20.1 Å². The van der Waals surface area contributed by atoms with E-state index in [1.165, 1.54) is 0 Å². The molecular weight excluding hydrogens is 674 g/mol. The second kappa shape index (κ2) is 13.3. The lowest BCUT2D eigenvalue weighted by Crippen LogP contribution is -2.13. The Morgan fingerprint density at radius 1 is 0.417 bits per heavy atom. The molecule has 6 aromatic carbocycles. The van der Waals surface area contributed by atoms with Crippen LogP contribution in [0.4, 0.5) is 34.1 Å². The van der Waals surface area contributed by atoms with Gasteiger partial charge in [0.15, 0.2) is 0 Å². The average molecular weight is 719 g/mol. The standard InChI is InChI=1S/C42H38Cl4N2/c1-41(2,3)29-9-15-35(16-10-29)47(39-23-31(43)21-32(44)24-39)37-13-7-28-20-38(14-8-27(28)19-37)48(40-25-33(45)22-34(46)26-40)36-17-11-30(12-18-36)42(4,5)6/h7-26H,1-6H3/i7D,8D,13D,14D,19D,20D. The molecule has 0 saturated carbocycles. The first-order valence-electron chi connectivity index (χ1n) is 18.5. The first-order valence-corrected chi connectivity index (χ1v) is 17.0. The molecule has 6 aromatic rings. The minimum atomic E-state index is -0.382. The average Bonchev–Trinajstić information content (AvgIpc) is 3.07. The largest absolute Gasteiger partial charge is 0.310 e. The number of benzene rings is 6. The van der Waals surface area contributed by atoms with Crippen molar-refractivity contribution in [2.75, 3.05) is 9.80 Å². The van der Waals surface area contributed by atoms with Gasteiger partial charge in [0.25, 0.3) is 0 Å². The van der Waals surface area contributed by atoms with Crippen LogP contribution in [0.3, 0.4) is 0 Å². The topological polar surface area (TPSA) is 6.48 Å². The summed E-state index contributed by atoms with van der Waals surface area (Å²) in [5.41, 5.74) is 3.76. The van der Waals surface area contributed by atoms with Crippen LogP contribution in [0.15, 0.2) is 121 Å². The highest BCUT2D eigenvalue weighted by molar-refractivity contribution is 6.35. The Bertz CT molecular complexity index is 2210. The molecule has 0 aliphatic rings. The number of anilines is 6. The summed E-state index contributed by atoms with van der Waals surface area (Å²) in [5.74, 6) is 0. The molecule has 0 radical (unpaired) electrons. The van der Waals surface area contributed by atoms with E-state index < -0.39 is 0 Å². The predicted molar refractivity (Wildman–Crippen MR) is 211 cm³/mol. The van der Waals surface area contributed by atoms with Gasteiger partial charge in [-0.1, -0.05) is 124 Å². The van der Waals surface area contributed by atoms with Gasteiger partial charge in [0.2, 0.25) is 0 Å². The first kappa shape index (κ1) is 27.2. The predicted octanol–water partition coefficient (Wildman–Crippen LogP) is 15.0. The fraction of sp³-hybridized carbons (Fsp3) is 0.190. The van der Waals surface area contributed by atoms with Crippen molar-refractivity contribution >= 4 is 91.3 Å². The molecule has 0 amide bonds. The van der Waals surface area contributed by atoms with Gasteiger partial charge in [-0.25, -0.2) is 0 Å². The van der Waals surface area contributed by atoms with Crippen molar-refractivity contribution in [1.82, 2.24) is 0 Å². The van der Waals surface area contributed by atoms with Crippen LogP contribution in [0.1, 0.15) is 60.9 Å². The van der Waals surface area contributed by atoms with Gasteiger partial charge in [-0.05, 0) is 118 Å². The maximum absolute atomic E-state index is 9.59. The molecular formula is C42H38Cl4N2. The molecule has 0 aliphatic heterocycles. The second-order valence-electron chi connectivity index (χ2n) is 13.7. The Morgan fingerprint density at radius 2 is 0.729 bits per heavy atom. The number of fused-ring (bicyclic) bond motifs is 1. The maximum Gasteiger partial charge on any atom is 0.0651 e. The third-order valence-electron chi connectivity index (χ3n) is 7.99. The van der Waals surface area contributed by atoms with Crippen LogP contribution >= 0.6 is 46.4 Å². The molecule has 0 N–H and O–H groups in total. The zero-order valence-electron chi connectivity index (χ0n) is 33.5. The van der Waals surface area contributed by atoms with E-state index in [4.69, 9.17) is 46.4 Å². The smallest absolute Gasteiger partial charge is 0.0651 e. The summed E-state index contributed by atoms with van der Waals surface area (Å²) < 4.78 is 56.8. The molecule has 0 heterocycles. The van der Waals surface area contributed by atoms with E-state index in [0.29, 0.717) is 42.8 Å². The summed E-state index contributed by atoms with van der Waals surface area (Å²) in [4.78, 5) is 3.23. The van der Waals surface area contributed by atoms with E-state index in [9.17, 15) is 8.22 Å². The molecule has 6 rings (SSSR count). The highest BCUT2D eigenvalue weighted by atomic mass is 35.5. The van der Waals surface area contributed by atoms with Crippen LogP contribution in [0.5, 0.6) is 0 Å².